The molecule has 1 fully saturated rings. The number of esters is 1. The predicted octanol–water partition coefficient (Wildman–Crippen LogP) is 2.27. The molecule has 0 spiro atoms. The van der Waals surface area contributed by atoms with Crippen LogP contribution in [-0.4, -0.2) is 50.0 Å². The Bertz CT molecular complexity index is 772. The summed E-state index contributed by atoms with van der Waals surface area (Å²) in [5.74, 6) is -2.41. The second-order valence-electron chi connectivity index (χ2n) is 5.27. The standard InChI is InChI=1S/C14H15Cl2NO6S/c1-23-14(20)10-6-9(15)7-11(16)12(10)24(21,22)17-4-2-8(3-5-17)13(18)19/h6-8H,2-5H2,1H3,(H,18,19). The summed E-state index contributed by atoms with van der Waals surface area (Å²) in [5, 5.41) is 8.91. The maximum Gasteiger partial charge on any atom is 0.339 e. The van der Waals surface area contributed by atoms with Crippen molar-refractivity contribution in [1.82, 2.24) is 4.31 Å². The molecule has 1 N–H and O–H groups in total. The third-order valence-corrected chi connectivity index (χ3v) is 6.44. The third-order valence-electron chi connectivity index (χ3n) is 3.81. The van der Waals surface area contributed by atoms with Crippen LogP contribution in [0.25, 0.3) is 0 Å². The van der Waals surface area contributed by atoms with Crippen molar-refractivity contribution >= 4 is 45.2 Å². The summed E-state index contributed by atoms with van der Waals surface area (Å²) in [6.07, 6.45) is 0.376. The van der Waals surface area contributed by atoms with E-state index in [2.05, 4.69) is 4.74 Å². The summed E-state index contributed by atoms with van der Waals surface area (Å²) < 4.78 is 31.5. The van der Waals surface area contributed by atoms with Crippen molar-refractivity contribution in [2.24, 2.45) is 5.92 Å². The number of aliphatic carboxylic acids is 1. The van der Waals surface area contributed by atoms with Crippen LogP contribution < -0.4 is 0 Å². The molecule has 1 saturated heterocycles. The largest absolute Gasteiger partial charge is 0.481 e. The summed E-state index contributed by atoms with van der Waals surface area (Å²) >= 11 is 11.9. The van der Waals surface area contributed by atoms with Gasteiger partial charge in [0.25, 0.3) is 0 Å². The molecule has 0 bridgehead atoms. The minimum absolute atomic E-state index is 0.0267. The molecule has 1 aromatic carbocycles. The maximum absolute atomic E-state index is 12.9. The van der Waals surface area contributed by atoms with Gasteiger partial charge in [-0.1, -0.05) is 23.2 Å². The zero-order valence-electron chi connectivity index (χ0n) is 12.7. The minimum atomic E-state index is -4.10. The molecule has 2 rings (SSSR count). The van der Waals surface area contributed by atoms with Crippen molar-refractivity contribution in [2.45, 2.75) is 17.7 Å². The van der Waals surface area contributed by atoms with Crippen LogP contribution in [0, 0.1) is 5.92 Å². The molecule has 1 heterocycles. The first-order valence-corrected chi connectivity index (χ1v) is 9.18. The van der Waals surface area contributed by atoms with Crippen molar-refractivity contribution in [2.75, 3.05) is 20.2 Å². The number of carboxylic acids is 1. The third kappa shape index (κ3) is 3.66. The zero-order valence-corrected chi connectivity index (χ0v) is 15.0. The number of piperidine rings is 1. The van der Waals surface area contributed by atoms with E-state index < -0.39 is 27.9 Å². The molecule has 0 radical (unpaired) electrons. The molecule has 0 unspecified atom stereocenters. The normalized spacial score (nSPS) is 16.8. The van der Waals surface area contributed by atoms with Gasteiger partial charge in [0, 0.05) is 18.1 Å². The lowest BCUT2D eigenvalue weighted by molar-refractivity contribution is -0.142. The topological polar surface area (TPSA) is 101 Å². The van der Waals surface area contributed by atoms with E-state index in [0.717, 1.165) is 11.4 Å². The van der Waals surface area contributed by atoms with Crippen LogP contribution in [0.5, 0.6) is 0 Å². The number of carboxylic acid groups (broad SMARTS) is 1. The number of sulfonamides is 1. The fourth-order valence-corrected chi connectivity index (χ4v) is 5.02. The highest BCUT2D eigenvalue weighted by atomic mass is 35.5. The second-order valence-corrected chi connectivity index (χ2v) is 7.99. The van der Waals surface area contributed by atoms with Crippen LogP contribution in [0.3, 0.4) is 0 Å². The van der Waals surface area contributed by atoms with Crippen molar-refractivity contribution in [1.29, 1.82) is 0 Å². The van der Waals surface area contributed by atoms with Gasteiger partial charge >= 0.3 is 11.9 Å². The van der Waals surface area contributed by atoms with Gasteiger partial charge in [-0.2, -0.15) is 4.31 Å². The van der Waals surface area contributed by atoms with E-state index in [1.165, 1.54) is 12.1 Å². The van der Waals surface area contributed by atoms with Crippen LogP contribution in [0.15, 0.2) is 17.0 Å². The molecule has 0 saturated carbocycles. The van der Waals surface area contributed by atoms with E-state index in [1.807, 2.05) is 0 Å². The maximum atomic E-state index is 12.9. The van der Waals surface area contributed by atoms with Crippen molar-refractivity contribution < 1.29 is 27.9 Å². The minimum Gasteiger partial charge on any atom is -0.481 e. The Kier molecular flexibility index (Phi) is 5.74. The predicted molar refractivity (Wildman–Crippen MR) is 86.9 cm³/mol. The van der Waals surface area contributed by atoms with Gasteiger partial charge in [-0.25, -0.2) is 13.2 Å². The van der Waals surface area contributed by atoms with Gasteiger partial charge in [0.15, 0.2) is 0 Å². The van der Waals surface area contributed by atoms with E-state index in [0.29, 0.717) is 0 Å². The Morgan fingerprint density at radius 2 is 1.83 bits per heavy atom. The summed E-state index contributed by atoms with van der Waals surface area (Å²) in [6.45, 7) is 0.0533. The zero-order chi connectivity index (χ0) is 18.1. The van der Waals surface area contributed by atoms with Gasteiger partial charge < -0.3 is 9.84 Å². The number of carbonyl (C=O) groups excluding carboxylic acids is 1. The molecule has 132 valence electrons. The number of benzene rings is 1. The fraction of sp³-hybridized carbons (Fsp3) is 0.429. The first-order chi connectivity index (χ1) is 11.2. The van der Waals surface area contributed by atoms with Gasteiger partial charge in [0.2, 0.25) is 10.0 Å². The molecule has 0 aliphatic carbocycles. The van der Waals surface area contributed by atoms with Crippen LogP contribution in [0.1, 0.15) is 23.2 Å². The summed E-state index contributed by atoms with van der Waals surface area (Å²) in [7, 11) is -2.98. The first kappa shape index (κ1) is 19.0. The van der Waals surface area contributed by atoms with E-state index in [4.69, 9.17) is 28.3 Å². The van der Waals surface area contributed by atoms with Crippen molar-refractivity contribution in [3.05, 3.63) is 27.7 Å². The number of hydrogen-bond acceptors (Lipinski definition) is 5. The summed E-state index contributed by atoms with van der Waals surface area (Å²) in [5.41, 5.74) is -0.254. The molecular formula is C14H15Cl2NO6S. The number of ether oxygens (including phenoxy) is 1. The molecule has 24 heavy (non-hydrogen) atoms. The number of methoxy groups -OCH3 is 1. The van der Waals surface area contributed by atoms with Gasteiger partial charge in [-0.3, -0.25) is 4.79 Å². The molecule has 1 aromatic rings. The molecule has 7 nitrogen and oxygen atoms in total. The monoisotopic (exact) mass is 395 g/mol. The van der Waals surface area contributed by atoms with Crippen molar-refractivity contribution in [3.63, 3.8) is 0 Å². The molecule has 0 atom stereocenters. The Morgan fingerprint density at radius 3 is 2.33 bits per heavy atom. The Balaban J connectivity index is 2.43. The van der Waals surface area contributed by atoms with Gasteiger partial charge in [0.05, 0.1) is 23.6 Å². The van der Waals surface area contributed by atoms with E-state index in [-0.39, 0.29) is 46.4 Å². The Labute approximate surface area is 149 Å². The van der Waals surface area contributed by atoms with E-state index in [1.54, 1.807) is 0 Å². The van der Waals surface area contributed by atoms with Crippen LogP contribution in [0.4, 0.5) is 0 Å². The van der Waals surface area contributed by atoms with Crippen molar-refractivity contribution in [3.8, 4) is 0 Å². The fourth-order valence-electron chi connectivity index (χ4n) is 2.56. The number of rotatable bonds is 4. The average molecular weight is 396 g/mol. The molecule has 10 heteroatoms. The summed E-state index contributed by atoms with van der Waals surface area (Å²) in [6, 6.07) is 2.41. The highest BCUT2D eigenvalue weighted by Crippen LogP contribution is 2.33. The second kappa shape index (κ2) is 7.26. The number of nitrogens with zero attached hydrogens (tertiary/aromatic N) is 1. The SMILES string of the molecule is COC(=O)c1cc(Cl)cc(Cl)c1S(=O)(=O)N1CCC(C(=O)O)CC1. The van der Waals surface area contributed by atoms with Gasteiger partial charge in [-0.05, 0) is 25.0 Å². The number of carbonyl (C=O) groups is 2. The Hall–Kier alpha value is -1.35. The average Bonchev–Trinajstić information content (AvgIpc) is 2.53. The lowest BCUT2D eigenvalue weighted by atomic mass is 9.99. The highest BCUT2D eigenvalue weighted by Gasteiger charge is 2.36. The lowest BCUT2D eigenvalue weighted by Gasteiger charge is -2.30. The van der Waals surface area contributed by atoms with Crippen LogP contribution in [-0.2, 0) is 19.6 Å². The number of halogens is 2. The Morgan fingerprint density at radius 1 is 1.25 bits per heavy atom. The molecule has 1 aliphatic heterocycles. The number of hydrogen-bond donors (Lipinski definition) is 1. The molecule has 0 amide bonds. The van der Waals surface area contributed by atoms with Gasteiger partial charge in [0.1, 0.15) is 4.90 Å². The van der Waals surface area contributed by atoms with Gasteiger partial charge in [-0.15, -0.1) is 0 Å². The van der Waals surface area contributed by atoms with Crippen LogP contribution >= 0.6 is 23.2 Å². The highest BCUT2D eigenvalue weighted by molar-refractivity contribution is 7.89. The van der Waals surface area contributed by atoms with E-state index in [9.17, 15) is 18.0 Å². The molecule has 1 aliphatic rings. The van der Waals surface area contributed by atoms with E-state index >= 15 is 0 Å². The smallest absolute Gasteiger partial charge is 0.339 e. The van der Waals surface area contributed by atoms with Crippen LogP contribution in [0.2, 0.25) is 10.0 Å². The first-order valence-electron chi connectivity index (χ1n) is 6.98. The quantitative estimate of drug-likeness (QED) is 0.784. The summed E-state index contributed by atoms with van der Waals surface area (Å²) in [4.78, 5) is 22.5. The lowest BCUT2D eigenvalue weighted by Crippen LogP contribution is -2.40. The molecular weight excluding hydrogens is 381 g/mol. The molecule has 0 aromatic heterocycles.